The fourth-order valence-electron chi connectivity index (χ4n) is 1.51. The van der Waals surface area contributed by atoms with Crippen LogP contribution < -0.4 is 5.32 Å². The maximum atomic E-state index is 6.00. The molecule has 0 saturated heterocycles. The van der Waals surface area contributed by atoms with Crippen LogP contribution >= 0.6 is 23.2 Å². The second-order valence-electron chi connectivity index (χ2n) is 4.22. The molecule has 0 saturated carbocycles. The molecule has 1 heterocycles. The first-order chi connectivity index (χ1) is 8.58. The third-order valence-corrected chi connectivity index (χ3v) is 3.17. The normalized spacial score (nSPS) is 11.2. The minimum atomic E-state index is 0.393. The van der Waals surface area contributed by atoms with Crippen molar-refractivity contribution in [2.45, 2.75) is 26.4 Å². The van der Waals surface area contributed by atoms with E-state index in [1.807, 2.05) is 6.07 Å². The first kappa shape index (κ1) is 13.3. The summed E-state index contributed by atoms with van der Waals surface area (Å²) in [6.07, 6.45) is 1.53. The number of hydrogen-bond donors (Lipinski definition) is 1. The number of nitrogens with one attached hydrogen (secondary N) is 1. The standard InChI is InChI=1S/C12H14Cl2N4/c1-8(2)15-6-12-16-7-17-18(12)9-3-4-10(13)11(14)5-9/h3-5,7-8,15H,6H2,1-2H3. The SMILES string of the molecule is CC(C)NCc1ncnn1-c1ccc(Cl)c(Cl)c1. The molecular weight excluding hydrogens is 271 g/mol. The average Bonchev–Trinajstić information content (AvgIpc) is 2.78. The van der Waals surface area contributed by atoms with Crippen LogP contribution in [-0.2, 0) is 6.54 Å². The van der Waals surface area contributed by atoms with Gasteiger partial charge in [0.15, 0.2) is 0 Å². The predicted molar refractivity (Wildman–Crippen MR) is 73.4 cm³/mol. The summed E-state index contributed by atoms with van der Waals surface area (Å²) >= 11 is 11.9. The van der Waals surface area contributed by atoms with Gasteiger partial charge in [-0.15, -0.1) is 0 Å². The molecule has 0 unspecified atom stereocenters. The lowest BCUT2D eigenvalue weighted by Crippen LogP contribution is -2.24. The Morgan fingerprint density at radius 2 is 2.06 bits per heavy atom. The average molecular weight is 285 g/mol. The van der Waals surface area contributed by atoms with Crippen molar-refractivity contribution in [3.05, 3.63) is 40.4 Å². The molecule has 6 heteroatoms. The third-order valence-electron chi connectivity index (χ3n) is 2.43. The van der Waals surface area contributed by atoms with Crippen molar-refractivity contribution >= 4 is 23.2 Å². The zero-order chi connectivity index (χ0) is 13.1. The van der Waals surface area contributed by atoms with Gasteiger partial charge in [-0.3, -0.25) is 0 Å². The summed E-state index contributed by atoms with van der Waals surface area (Å²) < 4.78 is 1.75. The van der Waals surface area contributed by atoms with Crippen LogP contribution in [-0.4, -0.2) is 20.8 Å². The highest BCUT2D eigenvalue weighted by Gasteiger charge is 2.08. The van der Waals surface area contributed by atoms with Crippen LogP contribution in [0.25, 0.3) is 5.69 Å². The summed E-state index contributed by atoms with van der Waals surface area (Å²) in [5, 5.41) is 8.54. The molecule has 0 radical (unpaired) electrons. The van der Waals surface area contributed by atoms with Crippen LogP contribution in [0.5, 0.6) is 0 Å². The van der Waals surface area contributed by atoms with Gasteiger partial charge in [0.2, 0.25) is 0 Å². The summed E-state index contributed by atoms with van der Waals surface area (Å²) in [5.41, 5.74) is 0.849. The number of nitrogens with zero attached hydrogens (tertiary/aromatic N) is 3. The van der Waals surface area contributed by atoms with Crippen LogP contribution in [0.15, 0.2) is 24.5 Å². The van der Waals surface area contributed by atoms with Crippen LogP contribution in [0.4, 0.5) is 0 Å². The van der Waals surface area contributed by atoms with E-state index in [2.05, 4.69) is 29.2 Å². The molecule has 1 aromatic heterocycles. The maximum absolute atomic E-state index is 6.00. The van der Waals surface area contributed by atoms with E-state index in [0.717, 1.165) is 11.5 Å². The smallest absolute Gasteiger partial charge is 0.146 e. The van der Waals surface area contributed by atoms with E-state index in [0.29, 0.717) is 22.6 Å². The molecule has 1 N–H and O–H groups in total. The van der Waals surface area contributed by atoms with Gasteiger partial charge >= 0.3 is 0 Å². The molecule has 0 aliphatic heterocycles. The Hall–Kier alpha value is -1.10. The molecule has 2 aromatic rings. The minimum Gasteiger partial charge on any atom is -0.308 e. The van der Waals surface area contributed by atoms with Gasteiger partial charge in [0.25, 0.3) is 0 Å². The van der Waals surface area contributed by atoms with Gasteiger partial charge in [-0.05, 0) is 18.2 Å². The molecule has 0 spiro atoms. The lowest BCUT2D eigenvalue weighted by Gasteiger charge is -2.10. The lowest BCUT2D eigenvalue weighted by atomic mass is 10.3. The Labute approximate surface area is 116 Å². The van der Waals surface area contributed by atoms with Gasteiger partial charge in [0.1, 0.15) is 12.2 Å². The van der Waals surface area contributed by atoms with Crippen LogP contribution in [0, 0.1) is 0 Å². The summed E-state index contributed by atoms with van der Waals surface area (Å²) in [7, 11) is 0. The zero-order valence-corrected chi connectivity index (χ0v) is 11.7. The Morgan fingerprint density at radius 1 is 1.28 bits per heavy atom. The van der Waals surface area contributed by atoms with E-state index in [4.69, 9.17) is 23.2 Å². The number of hydrogen-bond acceptors (Lipinski definition) is 3. The molecule has 0 amide bonds. The molecule has 96 valence electrons. The van der Waals surface area contributed by atoms with Crippen LogP contribution in [0.3, 0.4) is 0 Å². The molecule has 0 aliphatic rings. The highest BCUT2D eigenvalue weighted by molar-refractivity contribution is 6.42. The van der Waals surface area contributed by atoms with Gasteiger partial charge in [-0.25, -0.2) is 9.67 Å². The van der Waals surface area contributed by atoms with E-state index in [-0.39, 0.29) is 0 Å². The van der Waals surface area contributed by atoms with Gasteiger partial charge in [0.05, 0.1) is 22.3 Å². The number of halogens is 2. The van der Waals surface area contributed by atoms with Gasteiger partial charge in [0, 0.05) is 6.04 Å². The van der Waals surface area contributed by atoms with Gasteiger partial charge in [-0.1, -0.05) is 37.0 Å². The predicted octanol–water partition coefficient (Wildman–Crippen LogP) is 3.07. The Morgan fingerprint density at radius 3 is 2.72 bits per heavy atom. The number of benzene rings is 1. The fourth-order valence-corrected chi connectivity index (χ4v) is 1.81. The highest BCUT2D eigenvalue weighted by Crippen LogP contribution is 2.24. The second kappa shape index (κ2) is 5.69. The summed E-state index contributed by atoms with van der Waals surface area (Å²) in [5.74, 6) is 0.835. The molecule has 4 nitrogen and oxygen atoms in total. The Balaban J connectivity index is 2.27. The molecule has 1 aromatic carbocycles. The topological polar surface area (TPSA) is 42.7 Å². The Kier molecular flexibility index (Phi) is 4.22. The van der Waals surface area contributed by atoms with E-state index < -0.39 is 0 Å². The molecule has 2 rings (SSSR count). The maximum Gasteiger partial charge on any atom is 0.146 e. The van der Waals surface area contributed by atoms with E-state index in [9.17, 15) is 0 Å². The van der Waals surface area contributed by atoms with Crippen molar-refractivity contribution in [2.75, 3.05) is 0 Å². The van der Waals surface area contributed by atoms with E-state index >= 15 is 0 Å². The Bertz CT molecular complexity index is 537. The quantitative estimate of drug-likeness (QED) is 0.938. The molecule has 0 fully saturated rings. The summed E-state index contributed by atoms with van der Waals surface area (Å²) in [6, 6.07) is 5.78. The number of rotatable bonds is 4. The summed E-state index contributed by atoms with van der Waals surface area (Å²) in [6.45, 7) is 4.82. The summed E-state index contributed by atoms with van der Waals surface area (Å²) in [4.78, 5) is 4.23. The number of aromatic nitrogens is 3. The van der Waals surface area contributed by atoms with Crippen LogP contribution in [0.1, 0.15) is 19.7 Å². The fraction of sp³-hybridized carbons (Fsp3) is 0.333. The first-order valence-electron chi connectivity index (χ1n) is 5.65. The van der Waals surface area contributed by atoms with Gasteiger partial charge < -0.3 is 5.32 Å². The monoisotopic (exact) mass is 284 g/mol. The first-order valence-corrected chi connectivity index (χ1v) is 6.41. The van der Waals surface area contributed by atoms with Crippen LogP contribution in [0.2, 0.25) is 10.0 Å². The highest BCUT2D eigenvalue weighted by atomic mass is 35.5. The van der Waals surface area contributed by atoms with Crippen molar-refractivity contribution in [1.29, 1.82) is 0 Å². The molecule has 0 aliphatic carbocycles. The van der Waals surface area contributed by atoms with E-state index in [1.165, 1.54) is 6.33 Å². The van der Waals surface area contributed by atoms with E-state index in [1.54, 1.807) is 16.8 Å². The van der Waals surface area contributed by atoms with Gasteiger partial charge in [-0.2, -0.15) is 5.10 Å². The lowest BCUT2D eigenvalue weighted by molar-refractivity contribution is 0.563. The molecule has 18 heavy (non-hydrogen) atoms. The largest absolute Gasteiger partial charge is 0.308 e. The van der Waals surface area contributed by atoms with Crippen molar-refractivity contribution in [3.8, 4) is 5.69 Å². The van der Waals surface area contributed by atoms with Crippen molar-refractivity contribution in [1.82, 2.24) is 20.1 Å². The second-order valence-corrected chi connectivity index (χ2v) is 5.04. The van der Waals surface area contributed by atoms with Crippen molar-refractivity contribution < 1.29 is 0 Å². The zero-order valence-electron chi connectivity index (χ0n) is 10.2. The minimum absolute atomic E-state index is 0.393. The van der Waals surface area contributed by atoms with Crippen molar-refractivity contribution in [2.24, 2.45) is 0 Å². The molecule has 0 atom stereocenters. The van der Waals surface area contributed by atoms with Crippen molar-refractivity contribution in [3.63, 3.8) is 0 Å². The molecular formula is C12H14Cl2N4. The molecule has 0 bridgehead atoms. The third kappa shape index (κ3) is 3.02.